The van der Waals surface area contributed by atoms with Crippen LogP contribution in [0.15, 0.2) is 28.8 Å². The van der Waals surface area contributed by atoms with Crippen molar-refractivity contribution in [2.45, 2.75) is 32.1 Å². The lowest BCUT2D eigenvalue weighted by Gasteiger charge is -2.27. The predicted octanol–water partition coefficient (Wildman–Crippen LogP) is 2.69. The highest BCUT2D eigenvalue weighted by atomic mass is 16.5. The second-order valence-electron chi connectivity index (χ2n) is 6.27. The number of rotatable bonds is 7. The summed E-state index contributed by atoms with van der Waals surface area (Å²) in [6.07, 6.45) is 3.24. The van der Waals surface area contributed by atoms with E-state index in [1.54, 1.807) is 24.3 Å². The molecule has 1 aromatic heterocycles. The zero-order valence-corrected chi connectivity index (χ0v) is 14.3. The van der Waals surface area contributed by atoms with Crippen molar-refractivity contribution in [3.8, 4) is 17.1 Å². The molecule has 7 heteroatoms. The fourth-order valence-corrected chi connectivity index (χ4v) is 3.30. The average Bonchev–Trinajstić information content (AvgIpc) is 3.12. The van der Waals surface area contributed by atoms with Crippen molar-refractivity contribution in [1.82, 2.24) is 15.5 Å². The third-order valence-electron chi connectivity index (χ3n) is 4.63. The average molecular weight is 345 g/mol. The molecule has 2 heterocycles. The van der Waals surface area contributed by atoms with Crippen molar-refractivity contribution in [3.05, 3.63) is 30.2 Å². The fraction of sp³-hybridized carbons (Fsp3) is 0.500. The number of nitrogens with zero attached hydrogens (tertiary/aromatic N) is 2. The van der Waals surface area contributed by atoms with Crippen LogP contribution in [0.2, 0.25) is 0 Å². The van der Waals surface area contributed by atoms with E-state index in [4.69, 9.17) is 14.4 Å². The Bertz CT molecular complexity index is 693. The number of carboxylic acid groups (broad SMARTS) is 1. The van der Waals surface area contributed by atoms with Crippen molar-refractivity contribution >= 4 is 5.97 Å². The van der Waals surface area contributed by atoms with E-state index in [9.17, 15) is 4.79 Å². The number of carbonyl (C=O) groups is 1. The Morgan fingerprint density at radius 1 is 1.36 bits per heavy atom. The highest BCUT2D eigenvalue weighted by Gasteiger charge is 2.28. The van der Waals surface area contributed by atoms with E-state index in [1.165, 1.54) is 0 Å². The predicted molar refractivity (Wildman–Crippen MR) is 91.5 cm³/mol. The molecule has 1 atom stereocenters. The molecule has 3 rings (SSSR count). The largest absolute Gasteiger partial charge is 0.482 e. The molecule has 7 nitrogen and oxygen atoms in total. The van der Waals surface area contributed by atoms with Gasteiger partial charge in [0, 0.05) is 11.5 Å². The van der Waals surface area contributed by atoms with Crippen molar-refractivity contribution in [2.24, 2.45) is 5.92 Å². The minimum atomic E-state index is -1.00. The number of aliphatic carboxylic acids is 1. The molecule has 2 aromatic rings. The molecule has 0 bridgehead atoms. The summed E-state index contributed by atoms with van der Waals surface area (Å²) in [4.78, 5) is 15.1. The Morgan fingerprint density at radius 2 is 2.08 bits per heavy atom. The van der Waals surface area contributed by atoms with E-state index < -0.39 is 5.97 Å². The number of benzene rings is 1. The molecule has 1 unspecified atom stereocenters. The van der Waals surface area contributed by atoms with Crippen molar-refractivity contribution in [2.75, 3.05) is 19.7 Å². The van der Waals surface area contributed by atoms with Gasteiger partial charge in [0.25, 0.3) is 0 Å². The van der Waals surface area contributed by atoms with Crippen molar-refractivity contribution in [3.63, 3.8) is 0 Å². The Balaban J connectivity index is 1.70. The van der Waals surface area contributed by atoms with E-state index in [1.807, 2.05) is 0 Å². The van der Waals surface area contributed by atoms with Crippen LogP contribution in [0, 0.1) is 5.92 Å². The van der Waals surface area contributed by atoms with Crippen LogP contribution in [0.25, 0.3) is 11.4 Å². The van der Waals surface area contributed by atoms with Crippen LogP contribution in [0.3, 0.4) is 0 Å². The monoisotopic (exact) mass is 345 g/mol. The van der Waals surface area contributed by atoms with Gasteiger partial charge in [0.05, 0.1) is 0 Å². The van der Waals surface area contributed by atoms with E-state index >= 15 is 0 Å². The molecule has 1 aromatic carbocycles. The van der Waals surface area contributed by atoms with Crippen LogP contribution >= 0.6 is 0 Å². The molecule has 1 fully saturated rings. The van der Waals surface area contributed by atoms with Gasteiger partial charge in [-0.2, -0.15) is 4.98 Å². The molecule has 2 N–H and O–H groups in total. The Morgan fingerprint density at radius 3 is 2.72 bits per heavy atom. The lowest BCUT2D eigenvalue weighted by molar-refractivity contribution is -0.139. The highest BCUT2D eigenvalue weighted by Crippen LogP contribution is 2.33. The molecule has 0 saturated carbocycles. The third-order valence-corrected chi connectivity index (χ3v) is 4.63. The number of ether oxygens (including phenoxy) is 1. The van der Waals surface area contributed by atoms with Gasteiger partial charge in [0.1, 0.15) is 5.75 Å². The second kappa shape index (κ2) is 8.11. The summed E-state index contributed by atoms with van der Waals surface area (Å²) >= 11 is 0. The van der Waals surface area contributed by atoms with E-state index in [0.29, 0.717) is 29.3 Å². The first-order valence-corrected chi connectivity index (χ1v) is 8.66. The van der Waals surface area contributed by atoms with Gasteiger partial charge in [-0.25, -0.2) is 4.79 Å². The van der Waals surface area contributed by atoms with Gasteiger partial charge in [0.15, 0.2) is 6.61 Å². The van der Waals surface area contributed by atoms with Crippen LogP contribution in [0.1, 0.15) is 38.0 Å². The quantitative estimate of drug-likeness (QED) is 0.796. The van der Waals surface area contributed by atoms with Crippen LogP contribution in [-0.2, 0) is 4.79 Å². The lowest BCUT2D eigenvalue weighted by Crippen LogP contribution is -2.30. The number of hydrogen-bond acceptors (Lipinski definition) is 6. The lowest BCUT2D eigenvalue weighted by atomic mass is 9.83. The Kier molecular flexibility index (Phi) is 5.65. The molecule has 134 valence electrons. The van der Waals surface area contributed by atoms with E-state index in [2.05, 4.69) is 22.4 Å². The molecule has 0 aliphatic carbocycles. The van der Waals surface area contributed by atoms with Crippen LogP contribution in [-0.4, -0.2) is 40.9 Å². The van der Waals surface area contributed by atoms with Gasteiger partial charge in [-0.05, 0) is 62.5 Å². The maximum atomic E-state index is 10.5. The third kappa shape index (κ3) is 4.36. The minimum Gasteiger partial charge on any atom is -0.482 e. The van der Waals surface area contributed by atoms with Crippen molar-refractivity contribution in [1.29, 1.82) is 0 Å². The molecule has 25 heavy (non-hydrogen) atoms. The standard InChI is InChI=1S/C18H23N3O4/c1-2-15(12-7-9-19-10-8-12)18-20-17(21-25-18)13-3-5-14(6-4-13)24-11-16(22)23/h3-6,12,15,19H,2,7-11H2,1H3,(H,22,23). The number of nitrogens with one attached hydrogen (secondary N) is 1. The van der Waals surface area contributed by atoms with Crippen LogP contribution < -0.4 is 10.1 Å². The smallest absolute Gasteiger partial charge is 0.341 e. The van der Waals surface area contributed by atoms with Crippen molar-refractivity contribution < 1.29 is 19.2 Å². The van der Waals surface area contributed by atoms with Gasteiger partial charge >= 0.3 is 5.97 Å². The second-order valence-corrected chi connectivity index (χ2v) is 6.27. The summed E-state index contributed by atoms with van der Waals surface area (Å²) in [6.45, 7) is 3.88. The first kappa shape index (κ1) is 17.4. The molecular formula is C18H23N3O4. The SMILES string of the molecule is CCC(c1nc(-c2ccc(OCC(=O)O)cc2)no1)C1CCNCC1. The highest BCUT2D eigenvalue weighted by molar-refractivity contribution is 5.68. The van der Waals surface area contributed by atoms with Gasteiger partial charge in [-0.15, -0.1) is 0 Å². The molecule has 1 aliphatic rings. The zero-order chi connectivity index (χ0) is 17.6. The maximum Gasteiger partial charge on any atom is 0.341 e. The maximum absolute atomic E-state index is 10.5. The molecule has 0 radical (unpaired) electrons. The van der Waals surface area contributed by atoms with Crippen LogP contribution in [0.4, 0.5) is 0 Å². The number of hydrogen-bond donors (Lipinski definition) is 2. The summed E-state index contributed by atoms with van der Waals surface area (Å²) in [5.41, 5.74) is 0.817. The summed E-state index contributed by atoms with van der Waals surface area (Å²) in [5.74, 6) is 1.61. The van der Waals surface area contributed by atoms with Gasteiger partial charge in [-0.1, -0.05) is 12.1 Å². The summed E-state index contributed by atoms with van der Waals surface area (Å²) in [6, 6.07) is 7.02. The molecule has 1 aliphatic heterocycles. The summed E-state index contributed by atoms with van der Waals surface area (Å²) in [7, 11) is 0. The molecular weight excluding hydrogens is 322 g/mol. The minimum absolute atomic E-state index is 0.293. The molecule has 1 saturated heterocycles. The van der Waals surface area contributed by atoms with Gasteiger partial charge < -0.3 is 19.7 Å². The topological polar surface area (TPSA) is 97.5 Å². The number of piperidine rings is 1. The fourth-order valence-electron chi connectivity index (χ4n) is 3.30. The van der Waals surface area contributed by atoms with Gasteiger partial charge in [0.2, 0.25) is 11.7 Å². The van der Waals surface area contributed by atoms with E-state index in [0.717, 1.165) is 37.9 Å². The first-order valence-electron chi connectivity index (χ1n) is 8.66. The zero-order valence-electron chi connectivity index (χ0n) is 14.3. The normalized spacial score (nSPS) is 16.5. The Hall–Kier alpha value is -2.41. The van der Waals surface area contributed by atoms with Gasteiger partial charge in [-0.3, -0.25) is 0 Å². The van der Waals surface area contributed by atoms with E-state index in [-0.39, 0.29) is 6.61 Å². The number of carboxylic acids is 1. The molecule has 0 amide bonds. The number of aromatic nitrogens is 2. The Labute approximate surface area is 146 Å². The summed E-state index contributed by atoms with van der Waals surface area (Å²) in [5, 5.41) is 16.1. The first-order chi connectivity index (χ1) is 12.2. The van der Waals surface area contributed by atoms with Crippen LogP contribution in [0.5, 0.6) is 5.75 Å². The molecule has 0 spiro atoms. The summed E-state index contributed by atoms with van der Waals surface area (Å²) < 4.78 is 10.7.